The monoisotopic (exact) mass is 291 g/mol. The summed E-state index contributed by atoms with van der Waals surface area (Å²) in [6.45, 7) is 3.97. The molecule has 1 aromatic carbocycles. The lowest BCUT2D eigenvalue weighted by Crippen LogP contribution is -2.14. The number of anilines is 1. The number of ether oxygens (including phenoxy) is 1. The molecule has 1 aromatic heterocycles. The molecule has 0 aliphatic heterocycles. The van der Waals surface area contributed by atoms with Crippen molar-refractivity contribution < 1.29 is 9.53 Å². The Kier molecular flexibility index (Phi) is 4.68. The summed E-state index contributed by atoms with van der Waals surface area (Å²) in [5, 5.41) is 12.1. The number of methoxy groups -OCH3 is 1. The minimum Gasteiger partial charge on any atom is -0.496 e. The Morgan fingerprint density at radius 1 is 1.40 bits per heavy atom. The number of rotatable bonds is 5. The third kappa shape index (κ3) is 3.54. The standard InChI is InChI=1S/C14H17N3O2S/c1-4-13-16-17-14(20-13)15-12(18)8-10-6-5-9(2)11(7-10)19-3/h5-7H,4,8H2,1-3H3,(H,15,17,18). The lowest BCUT2D eigenvalue weighted by atomic mass is 10.1. The number of nitrogens with zero attached hydrogens (tertiary/aromatic N) is 2. The molecule has 0 fully saturated rings. The average molecular weight is 291 g/mol. The van der Waals surface area contributed by atoms with Crippen molar-refractivity contribution in [2.45, 2.75) is 26.7 Å². The first-order chi connectivity index (χ1) is 9.62. The quantitative estimate of drug-likeness (QED) is 0.919. The Balaban J connectivity index is 2.00. The van der Waals surface area contributed by atoms with Crippen LogP contribution in [0.2, 0.25) is 0 Å². The lowest BCUT2D eigenvalue weighted by molar-refractivity contribution is -0.115. The summed E-state index contributed by atoms with van der Waals surface area (Å²) >= 11 is 1.40. The Labute approximate surface area is 122 Å². The van der Waals surface area contributed by atoms with Crippen molar-refractivity contribution in [2.24, 2.45) is 0 Å². The summed E-state index contributed by atoms with van der Waals surface area (Å²) < 4.78 is 5.25. The van der Waals surface area contributed by atoms with Crippen LogP contribution in [-0.2, 0) is 17.6 Å². The number of nitrogens with one attached hydrogen (secondary N) is 1. The van der Waals surface area contributed by atoms with E-state index in [0.29, 0.717) is 5.13 Å². The van der Waals surface area contributed by atoms with E-state index in [1.807, 2.05) is 32.0 Å². The van der Waals surface area contributed by atoms with E-state index in [9.17, 15) is 4.79 Å². The van der Waals surface area contributed by atoms with Gasteiger partial charge in [0.2, 0.25) is 11.0 Å². The highest BCUT2D eigenvalue weighted by molar-refractivity contribution is 7.15. The van der Waals surface area contributed by atoms with Gasteiger partial charge in [0.25, 0.3) is 0 Å². The predicted molar refractivity (Wildman–Crippen MR) is 79.4 cm³/mol. The maximum Gasteiger partial charge on any atom is 0.230 e. The molecule has 0 radical (unpaired) electrons. The van der Waals surface area contributed by atoms with Gasteiger partial charge < -0.3 is 10.1 Å². The van der Waals surface area contributed by atoms with Crippen LogP contribution in [0.5, 0.6) is 5.75 Å². The Morgan fingerprint density at radius 3 is 2.85 bits per heavy atom. The number of amides is 1. The molecule has 5 nitrogen and oxygen atoms in total. The van der Waals surface area contributed by atoms with Crippen molar-refractivity contribution in [1.29, 1.82) is 0 Å². The first-order valence-electron chi connectivity index (χ1n) is 6.38. The van der Waals surface area contributed by atoms with Crippen LogP contribution < -0.4 is 10.1 Å². The van der Waals surface area contributed by atoms with E-state index in [0.717, 1.165) is 28.3 Å². The Bertz CT molecular complexity index is 610. The summed E-state index contributed by atoms with van der Waals surface area (Å²) in [6, 6.07) is 5.75. The van der Waals surface area contributed by atoms with Gasteiger partial charge in [-0.25, -0.2) is 0 Å². The molecule has 0 unspecified atom stereocenters. The van der Waals surface area contributed by atoms with Crippen LogP contribution in [0.15, 0.2) is 18.2 Å². The van der Waals surface area contributed by atoms with Crippen LogP contribution in [0.1, 0.15) is 23.1 Å². The van der Waals surface area contributed by atoms with E-state index >= 15 is 0 Å². The molecule has 0 bridgehead atoms. The van der Waals surface area contributed by atoms with Gasteiger partial charge in [-0.3, -0.25) is 4.79 Å². The maximum absolute atomic E-state index is 12.0. The van der Waals surface area contributed by atoms with Gasteiger partial charge in [0, 0.05) is 0 Å². The van der Waals surface area contributed by atoms with Crippen LogP contribution in [0.25, 0.3) is 0 Å². The average Bonchev–Trinajstić information content (AvgIpc) is 2.88. The molecule has 0 aliphatic rings. The zero-order chi connectivity index (χ0) is 14.5. The molecule has 0 aliphatic carbocycles. The normalized spacial score (nSPS) is 10.3. The van der Waals surface area contributed by atoms with Gasteiger partial charge in [-0.15, -0.1) is 10.2 Å². The molecule has 106 valence electrons. The fourth-order valence-electron chi connectivity index (χ4n) is 1.77. The molecule has 1 amide bonds. The number of aromatic nitrogens is 2. The van der Waals surface area contributed by atoms with E-state index in [1.165, 1.54) is 11.3 Å². The van der Waals surface area contributed by atoms with E-state index in [4.69, 9.17) is 4.74 Å². The van der Waals surface area contributed by atoms with Gasteiger partial charge >= 0.3 is 0 Å². The second-order valence-electron chi connectivity index (χ2n) is 4.38. The lowest BCUT2D eigenvalue weighted by Gasteiger charge is -2.07. The highest BCUT2D eigenvalue weighted by Crippen LogP contribution is 2.20. The number of aryl methyl sites for hydroxylation is 2. The van der Waals surface area contributed by atoms with E-state index in [-0.39, 0.29) is 12.3 Å². The minimum atomic E-state index is -0.102. The fourth-order valence-corrected chi connectivity index (χ4v) is 2.47. The third-order valence-corrected chi connectivity index (χ3v) is 3.84. The van der Waals surface area contributed by atoms with Crippen molar-refractivity contribution in [2.75, 3.05) is 12.4 Å². The second-order valence-corrected chi connectivity index (χ2v) is 5.45. The molecule has 2 aromatic rings. The van der Waals surface area contributed by atoms with Crippen molar-refractivity contribution >= 4 is 22.4 Å². The topological polar surface area (TPSA) is 64.1 Å². The molecule has 6 heteroatoms. The second kappa shape index (κ2) is 6.47. The van der Waals surface area contributed by atoms with Gasteiger partial charge in [0.05, 0.1) is 13.5 Å². The van der Waals surface area contributed by atoms with Crippen LogP contribution in [-0.4, -0.2) is 23.2 Å². The van der Waals surface area contributed by atoms with Crippen molar-refractivity contribution in [3.05, 3.63) is 34.3 Å². The number of carbonyl (C=O) groups is 1. The first-order valence-corrected chi connectivity index (χ1v) is 7.19. The molecule has 2 rings (SSSR count). The minimum absolute atomic E-state index is 0.102. The molecule has 0 atom stereocenters. The molecular formula is C14H17N3O2S. The highest BCUT2D eigenvalue weighted by Gasteiger charge is 2.09. The Morgan fingerprint density at radius 2 is 2.20 bits per heavy atom. The van der Waals surface area contributed by atoms with Crippen LogP contribution in [0.4, 0.5) is 5.13 Å². The Hall–Kier alpha value is -1.95. The van der Waals surface area contributed by atoms with Crippen LogP contribution >= 0.6 is 11.3 Å². The number of benzene rings is 1. The predicted octanol–water partition coefficient (Wildman–Crippen LogP) is 2.60. The summed E-state index contributed by atoms with van der Waals surface area (Å²) in [4.78, 5) is 12.0. The van der Waals surface area contributed by atoms with Crippen LogP contribution in [0.3, 0.4) is 0 Å². The smallest absolute Gasteiger partial charge is 0.230 e. The first kappa shape index (κ1) is 14.5. The maximum atomic E-state index is 12.0. The molecule has 0 spiro atoms. The molecule has 0 saturated heterocycles. The zero-order valence-corrected chi connectivity index (χ0v) is 12.6. The van der Waals surface area contributed by atoms with Crippen molar-refractivity contribution in [3.8, 4) is 5.75 Å². The highest BCUT2D eigenvalue weighted by atomic mass is 32.1. The third-order valence-electron chi connectivity index (χ3n) is 2.85. The molecular weight excluding hydrogens is 274 g/mol. The molecule has 1 N–H and O–H groups in total. The van der Waals surface area contributed by atoms with Gasteiger partial charge in [-0.05, 0) is 30.5 Å². The van der Waals surface area contributed by atoms with Gasteiger partial charge in [0.15, 0.2) is 0 Å². The van der Waals surface area contributed by atoms with Crippen molar-refractivity contribution in [1.82, 2.24) is 10.2 Å². The molecule has 1 heterocycles. The van der Waals surface area contributed by atoms with E-state index in [2.05, 4.69) is 15.5 Å². The molecule has 0 saturated carbocycles. The molecule has 20 heavy (non-hydrogen) atoms. The van der Waals surface area contributed by atoms with Gasteiger partial charge in [-0.1, -0.05) is 30.4 Å². The summed E-state index contributed by atoms with van der Waals surface area (Å²) in [6.07, 6.45) is 1.11. The van der Waals surface area contributed by atoms with Gasteiger partial charge in [0.1, 0.15) is 10.8 Å². The SMILES string of the molecule is CCc1nnc(NC(=O)Cc2ccc(C)c(OC)c2)s1. The van der Waals surface area contributed by atoms with Crippen LogP contribution in [0, 0.1) is 6.92 Å². The summed E-state index contributed by atoms with van der Waals surface area (Å²) in [5.74, 6) is 0.689. The number of carbonyl (C=O) groups excluding carboxylic acids is 1. The zero-order valence-electron chi connectivity index (χ0n) is 11.8. The van der Waals surface area contributed by atoms with Crippen molar-refractivity contribution in [3.63, 3.8) is 0 Å². The number of hydrogen-bond donors (Lipinski definition) is 1. The largest absolute Gasteiger partial charge is 0.496 e. The van der Waals surface area contributed by atoms with E-state index in [1.54, 1.807) is 7.11 Å². The fraction of sp³-hybridized carbons (Fsp3) is 0.357. The summed E-state index contributed by atoms with van der Waals surface area (Å²) in [5.41, 5.74) is 1.96. The van der Waals surface area contributed by atoms with Gasteiger partial charge in [-0.2, -0.15) is 0 Å². The number of hydrogen-bond acceptors (Lipinski definition) is 5. The van der Waals surface area contributed by atoms with E-state index < -0.39 is 0 Å². The summed E-state index contributed by atoms with van der Waals surface area (Å²) in [7, 11) is 1.62.